The summed E-state index contributed by atoms with van der Waals surface area (Å²) in [5.74, 6) is 0.398. The topological polar surface area (TPSA) is 50.4 Å². The third-order valence-corrected chi connectivity index (χ3v) is 5.31. The lowest BCUT2D eigenvalue weighted by Gasteiger charge is -2.12. The van der Waals surface area contributed by atoms with E-state index in [1.165, 1.54) is 11.3 Å². The Morgan fingerprint density at radius 2 is 1.96 bits per heavy atom. The van der Waals surface area contributed by atoms with E-state index in [1.807, 2.05) is 62.4 Å². The lowest BCUT2D eigenvalue weighted by atomic mass is 10.2. The van der Waals surface area contributed by atoms with Crippen LogP contribution in [0.25, 0.3) is 10.1 Å². The van der Waals surface area contributed by atoms with Gasteiger partial charge in [-0.1, -0.05) is 35.9 Å². The Balaban J connectivity index is 1.69. The van der Waals surface area contributed by atoms with Gasteiger partial charge in [-0.25, -0.2) is 0 Å². The number of fused-ring (bicyclic) bond motifs is 1. The molecule has 0 aliphatic rings. The summed E-state index contributed by atoms with van der Waals surface area (Å²) in [6.45, 7) is 3.92. The number of carbonyl (C=O) groups excluding carboxylic acids is 1. The molecule has 2 N–H and O–H groups in total. The Labute approximate surface area is 166 Å². The second kappa shape index (κ2) is 8.03. The number of ether oxygens (including phenoxy) is 1. The fraction of sp³-hybridized carbons (Fsp3) is 0.158. The first-order chi connectivity index (χ1) is 12.4. The van der Waals surface area contributed by atoms with Crippen molar-refractivity contribution in [2.75, 3.05) is 5.32 Å². The van der Waals surface area contributed by atoms with Gasteiger partial charge in [0.1, 0.15) is 10.6 Å². The molecule has 0 spiro atoms. The number of carbonyl (C=O) groups is 1. The number of amides is 1. The van der Waals surface area contributed by atoms with Gasteiger partial charge < -0.3 is 10.1 Å². The van der Waals surface area contributed by atoms with Gasteiger partial charge in [-0.2, -0.15) is 0 Å². The number of anilines is 1. The van der Waals surface area contributed by atoms with Gasteiger partial charge in [0.25, 0.3) is 5.91 Å². The SMILES string of the molecule is CC(C)Oc1cccc(NC(=S)NC(=O)c2sc3ccccc3c2Cl)c1. The lowest BCUT2D eigenvalue weighted by Crippen LogP contribution is -2.33. The molecule has 0 bridgehead atoms. The maximum atomic E-state index is 12.5. The number of thiocarbonyl (C=S) groups is 1. The molecule has 0 radical (unpaired) electrons. The molecule has 1 heterocycles. The van der Waals surface area contributed by atoms with E-state index >= 15 is 0 Å². The Bertz CT molecular complexity index is 969. The van der Waals surface area contributed by atoms with E-state index in [2.05, 4.69) is 10.6 Å². The molecule has 7 heteroatoms. The summed E-state index contributed by atoms with van der Waals surface area (Å²) in [4.78, 5) is 12.9. The van der Waals surface area contributed by atoms with Crippen LogP contribution in [0.2, 0.25) is 5.02 Å². The van der Waals surface area contributed by atoms with Gasteiger partial charge in [-0.05, 0) is 44.3 Å². The first-order valence-corrected chi connectivity index (χ1v) is 9.60. The molecular formula is C19H17ClN2O2S2. The van der Waals surface area contributed by atoms with Crippen molar-refractivity contribution < 1.29 is 9.53 Å². The minimum atomic E-state index is -0.330. The van der Waals surface area contributed by atoms with Gasteiger partial charge in [0, 0.05) is 21.8 Å². The van der Waals surface area contributed by atoms with Gasteiger partial charge in [0.15, 0.2) is 5.11 Å². The number of thiophene rings is 1. The van der Waals surface area contributed by atoms with Crippen LogP contribution in [0.4, 0.5) is 5.69 Å². The normalized spacial score (nSPS) is 10.8. The smallest absolute Gasteiger partial charge is 0.269 e. The Kier molecular flexibility index (Phi) is 5.76. The van der Waals surface area contributed by atoms with Gasteiger partial charge >= 0.3 is 0 Å². The summed E-state index contributed by atoms with van der Waals surface area (Å²) in [6.07, 6.45) is 0.0759. The van der Waals surface area contributed by atoms with Gasteiger partial charge in [0.2, 0.25) is 0 Å². The maximum Gasteiger partial charge on any atom is 0.269 e. The predicted octanol–water partition coefficient (Wildman–Crippen LogP) is 5.47. The summed E-state index contributed by atoms with van der Waals surface area (Å²) in [5.41, 5.74) is 0.732. The quantitative estimate of drug-likeness (QED) is 0.566. The molecule has 0 saturated carbocycles. The van der Waals surface area contributed by atoms with Crippen LogP contribution in [-0.4, -0.2) is 17.1 Å². The van der Waals surface area contributed by atoms with Crippen molar-refractivity contribution in [3.8, 4) is 5.75 Å². The minimum absolute atomic E-state index is 0.0759. The fourth-order valence-corrected chi connectivity index (χ4v) is 4.02. The van der Waals surface area contributed by atoms with Crippen LogP contribution in [-0.2, 0) is 0 Å². The van der Waals surface area contributed by atoms with E-state index in [9.17, 15) is 4.79 Å². The number of benzene rings is 2. The molecule has 4 nitrogen and oxygen atoms in total. The molecule has 0 aliphatic carbocycles. The number of hydrogen-bond donors (Lipinski definition) is 2. The number of rotatable bonds is 4. The van der Waals surface area contributed by atoms with Crippen LogP contribution in [0.15, 0.2) is 48.5 Å². The molecule has 134 valence electrons. The zero-order valence-electron chi connectivity index (χ0n) is 14.2. The molecule has 1 amide bonds. The van der Waals surface area contributed by atoms with E-state index in [0.29, 0.717) is 9.90 Å². The molecule has 0 atom stereocenters. The van der Waals surface area contributed by atoms with E-state index < -0.39 is 0 Å². The fourth-order valence-electron chi connectivity index (χ4n) is 2.40. The molecule has 0 saturated heterocycles. The van der Waals surface area contributed by atoms with E-state index in [1.54, 1.807) is 0 Å². The van der Waals surface area contributed by atoms with E-state index in [0.717, 1.165) is 21.5 Å². The van der Waals surface area contributed by atoms with Crippen LogP contribution in [0.5, 0.6) is 5.75 Å². The third-order valence-electron chi connectivity index (χ3n) is 3.43. The monoisotopic (exact) mass is 404 g/mol. The van der Waals surface area contributed by atoms with Gasteiger partial charge in [-0.15, -0.1) is 11.3 Å². The van der Waals surface area contributed by atoms with E-state index in [4.69, 9.17) is 28.6 Å². The molecule has 0 unspecified atom stereocenters. The van der Waals surface area contributed by atoms with Crippen LogP contribution < -0.4 is 15.4 Å². The average Bonchev–Trinajstić information content (AvgIpc) is 2.92. The van der Waals surface area contributed by atoms with Crippen LogP contribution >= 0.6 is 35.2 Å². The van der Waals surface area contributed by atoms with Gasteiger partial charge in [0.05, 0.1) is 11.1 Å². The summed E-state index contributed by atoms with van der Waals surface area (Å²) < 4.78 is 6.61. The highest BCUT2D eigenvalue weighted by Gasteiger charge is 2.17. The van der Waals surface area contributed by atoms with Crippen LogP contribution in [0.3, 0.4) is 0 Å². The highest BCUT2D eigenvalue weighted by Crippen LogP contribution is 2.35. The Morgan fingerprint density at radius 1 is 1.19 bits per heavy atom. The molecule has 3 aromatic rings. The first kappa shape index (κ1) is 18.6. The van der Waals surface area contributed by atoms with Crippen molar-refractivity contribution in [2.24, 2.45) is 0 Å². The molecular weight excluding hydrogens is 388 g/mol. The van der Waals surface area contributed by atoms with Crippen LogP contribution in [0.1, 0.15) is 23.5 Å². The lowest BCUT2D eigenvalue weighted by molar-refractivity contribution is 0.0982. The molecule has 26 heavy (non-hydrogen) atoms. The predicted molar refractivity (Wildman–Crippen MR) is 113 cm³/mol. The van der Waals surface area contributed by atoms with Crippen molar-refractivity contribution in [2.45, 2.75) is 20.0 Å². The molecule has 0 aliphatic heterocycles. The summed E-state index contributed by atoms with van der Waals surface area (Å²) >= 11 is 12.9. The maximum absolute atomic E-state index is 12.5. The summed E-state index contributed by atoms with van der Waals surface area (Å²) in [6, 6.07) is 15.0. The second-order valence-corrected chi connectivity index (χ2v) is 7.68. The standard InChI is InChI=1S/C19H17ClN2O2S2/c1-11(2)24-13-7-5-6-12(10-13)21-19(25)22-18(23)17-16(20)14-8-3-4-9-15(14)26-17/h3-11H,1-2H3,(H2,21,22,23,25). The van der Waals surface area contributed by atoms with Crippen molar-refractivity contribution >= 4 is 61.9 Å². The number of halogens is 1. The second-order valence-electron chi connectivity index (χ2n) is 5.84. The Hall–Kier alpha value is -2.15. The molecule has 2 aromatic carbocycles. The van der Waals surface area contributed by atoms with Crippen LogP contribution in [0, 0.1) is 0 Å². The van der Waals surface area contributed by atoms with E-state index in [-0.39, 0.29) is 17.1 Å². The molecule has 0 fully saturated rings. The zero-order valence-corrected chi connectivity index (χ0v) is 16.6. The van der Waals surface area contributed by atoms with Crippen molar-refractivity contribution in [3.63, 3.8) is 0 Å². The summed E-state index contributed by atoms with van der Waals surface area (Å²) in [5, 5.41) is 7.17. The highest BCUT2D eigenvalue weighted by molar-refractivity contribution is 7.80. The summed E-state index contributed by atoms with van der Waals surface area (Å²) in [7, 11) is 0. The van der Waals surface area contributed by atoms with Crippen molar-refractivity contribution in [1.82, 2.24) is 5.32 Å². The molecule has 1 aromatic heterocycles. The zero-order chi connectivity index (χ0) is 18.7. The largest absolute Gasteiger partial charge is 0.491 e. The minimum Gasteiger partial charge on any atom is -0.491 e. The highest BCUT2D eigenvalue weighted by atomic mass is 35.5. The van der Waals surface area contributed by atoms with Crippen molar-refractivity contribution in [3.05, 3.63) is 58.4 Å². The molecule has 3 rings (SSSR count). The average molecular weight is 405 g/mol. The first-order valence-electron chi connectivity index (χ1n) is 8.00. The van der Waals surface area contributed by atoms with Gasteiger partial charge in [-0.3, -0.25) is 10.1 Å². The number of hydrogen-bond acceptors (Lipinski definition) is 4. The number of nitrogens with one attached hydrogen (secondary N) is 2. The van der Waals surface area contributed by atoms with Crippen molar-refractivity contribution in [1.29, 1.82) is 0 Å². The Morgan fingerprint density at radius 3 is 2.69 bits per heavy atom. The third kappa shape index (κ3) is 4.33.